The smallest absolute Gasteiger partial charge is 0.338 e. The average Bonchev–Trinajstić information content (AvgIpc) is 3.61. The van der Waals surface area contributed by atoms with Gasteiger partial charge in [0.05, 0.1) is 24.7 Å². The molecule has 1 fully saturated rings. The molecule has 5 rings (SSSR count). The highest BCUT2D eigenvalue weighted by Crippen LogP contribution is 2.51. The summed E-state index contributed by atoms with van der Waals surface area (Å²) >= 11 is 0. The molecule has 198 valence electrons. The summed E-state index contributed by atoms with van der Waals surface area (Å²) in [6, 6.07) is 11.9. The topological polar surface area (TPSA) is 131 Å². The number of hydrogen-bond donors (Lipinski definition) is 1. The van der Waals surface area contributed by atoms with Crippen molar-refractivity contribution in [1.29, 1.82) is 0 Å². The lowest BCUT2D eigenvalue weighted by Gasteiger charge is -2.36. The van der Waals surface area contributed by atoms with E-state index >= 15 is 4.39 Å². The van der Waals surface area contributed by atoms with Crippen molar-refractivity contribution in [2.75, 3.05) is 11.9 Å². The number of nitrogens with one attached hydrogen (secondary N) is 1. The Morgan fingerprint density at radius 3 is 2.63 bits per heavy atom. The zero-order valence-corrected chi connectivity index (χ0v) is 21.0. The average molecular weight is 524 g/mol. The van der Waals surface area contributed by atoms with Gasteiger partial charge in [0.25, 0.3) is 0 Å². The third kappa shape index (κ3) is 4.47. The van der Waals surface area contributed by atoms with E-state index in [-0.39, 0.29) is 6.61 Å². The number of hydrogen-bond acceptors (Lipinski definition) is 10. The van der Waals surface area contributed by atoms with Crippen LogP contribution in [-0.2, 0) is 25.5 Å². The van der Waals surface area contributed by atoms with E-state index in [4.69, 9.17) is 18.6 Å². The molecule has 4 heterocycles. The van der Waals surface area contributed by atoms with Crippen molar-refractivity contribution in [1.82, 2.24) is 19.5 Å². The molecule has 0 bridgehead atoms. The summed E-state index contributed by atoms with van der Waals surface area (Å²) in [4.78, 5) is 37.5. The van der Waals surface area contributed by atoms with Crippen LogP contribution in [-0.4, -0.2) is 55.4 Å². The standard InChI is InChI=1S/C26H26FN5O6/c1-16(33)38-26(3)19(13-36-23(34)17-8-5-4-6-9-17)37-24(25(26,2)27)32-15-31-20-21(29-14-30-22(20)32)28-12-18-10-7-11-35-18/h4-11,14-15,19,24H,12-13H2,1-3H3,(H,28,29,30)/t19-,24+,25+,26+/m1/s1. The van der Waals surface area contributed by atoms with Gasteiger partial charge in [0.15, 0.2) is 34.5 Å². The minimum Gasteiger partial charge on any atom is -0.467 e. The Balaban J connectivity index is 1.43. The maximum absolute atomic E-state index is 16.6. The number of imidazole rings is 1. The van der Waals surface area contributed by atoms with Gasteiger partial charge in [0.2, 0.25) is 0 Å². The lowest BCUT2D eigenvalue weighted by Crippen LogP contribution is -2.55. The van der Waals surface area contributed by atoms with Crippen LogP contribution in [0, 0.1) is 0 Å². The summed E-state index contributed by atoms with van der Waals surface area (Å²) in [5, 5.41) is 3.13. The predicted octanol–water partition coefficient (Wildman–Crippen LogP) is 3.84. The number of benzene rings is 1. The molecule has 1 aromatic carbocycles. The Morgan fingerprint density at radius 1 is 1.13 bits per heavy atom. The maximum atomic E-state index is 16.6. The van der Waals surface area contributed by atoms with Crippen molar-refractivity contribution in [3.63, 3.8) is 0 Å². The minimum atomic E-state index is -2.27. The second-order valence-corrected chi connectivity index (χ2v) is 9.20. The molecule has 12 heteroatoms. The number of carbonyl (C=O) groups excluding carboxylic acids is 2. The molecule has 11 nitrogen and oxygen atoms in total. The molecular formula is C26H26FN5O6. The molecule has 0 radical (unpaired) electrons. The van der Waals surface area contributed by atoms with Gasteiger partial charge < -0.3 is 23.9 Å². The third-order valence-electron chi connectivity index (χ3n) is 6.69. The summed E-state index contributed by atoms with van der Waals surface area (Å²) in [6.07, 6.45) is 1.82. The molecule has 0 spiro atoms. The van der Waals surface area contributed by atoms with E-state index < -0.39 is 35.5 Å². The predicted molar refractivity (Wildman–Crippen MR) is 132 cm³/mol. The summed E-state index contributed by atoms with van der Waals surface area (Å²) in [5.74, 6) is -0.213. The Kier molecular flexibility index (Phi) is 6.57. The van der Waals surface area contributed by atoms with Gasteiger partial charge in [-0.25, -0.2) is 24.1 Å². The number of anilines is 1. The second-order valence-electron chi connectivity index (χ2n) is 9.20. The number of ether oxygens (including phenoxy) is 3. The number of nitrogens with zero attached hydrogens (tertiary/aromatic N) is 4. The van der Waals surface area contributed by atoms with E-state index in [1.807, 2.05) is 6.07 Å². The molecule has 1 aliphatic heterocycles. The van der Waals surface area contributed by atoms with Gasteiger partial charge in [-0.1, -0.05) is 18.2 Å². The van der Waals surface area contributed by atoms with Crippen molar-refractivity contribution < 1.29 is 32.6 Å². The van der Waals surface area contributed by atoms with E-state index in [0.717, 1.165) is 0 Å². The van der Waals surface area contributed by atoms with Crippen LogP contribution >= 0.6 is 0 Å². The lowest BCUT2D eigenvalue weighted by atomic mass is 9.84. The fourth-order valence-electron chi connectivity index (χ4n) is 4.51. The van der Waals surface area contributed by atoms with Crippen molar-refractivity contribution >= 4 is 28.9 Å². The van der Waals surface area contributed by atoms with E-state index in [1.54, 1.807) is 42.7 Å². The fourth-order valence-corrected chi connectivity index (χ4v) is 4.51. The zero-order valence-electron chi connectivity index (χ0n) is 21.0. The molecule has 1 saturated heterocycles. The Hall–Kier alpha value is -4.32. The van der Waals surface area contributed by atoms with Gasteiger partial charge in [0.1, 0.15) is 24.8 Å². The molecule has 0 saturated carbocycles. The van der Waals surface area contributed by atoms with Crippen molar-refractivity contribution in [2.24, 2.45) is 0 Å². The Morgan fingerprint density at radius 2 is 1.92 bits per heavy atom. The highest BCUT2D eigenvalue weighted by Gasteiger charge is 2.66. The zero-order chi connectivity index (χ0) is 26.9. The van der Waals surface area contributed by atoms with Crippen LogP contribution in [0.2, 0.25) is 0 Å². The monoisotopic (exact) mass is 523 g/mol. The number of fused-ring (bicyclic) bond motifs is 1. The number of halogens is 1. The van der Waals surface area contributed by atoms with Crippen molar-refractivity contribution in [2.45, 2.75) is 50.9 Å². The van der Waals surface area contributed by atoms with Crippen molar-refractivity contribution in [3.05, 3.63) is 72.7 Å². The number of alkyl halides is 1. The number of furan rings is 1. The van der Waals surface area contributed by atoms with E-state index in [0.29, 0.717) is 34.9 Å². The van der Waals surface area contributed by atoms with Crippen molar-refractivity contribution in [3.8, 4) is 0 Å². The maximum Gasteiger partial charge on any atom is 0.338 e. The summed E-state index contributed by atoms with van der Waals surface area (Å²) in [5.41, 5.74) is -3.08. The normalized spacial score (nSPS) is 24.8. The number of rotatable bonds is 8. The largest absolute Gasteiger partial charge is 0.467 e. The van der Waals surface area contributed by atoms with Gasteiger partial charge in [-0.05, 0) is 38.1 Å². The molecule has 1 aliphatic rings. The highest BCUT2D eigenvalue weighted by molar-refractivity contribution is 5.89. The van der Waals surface area contributed by atoms with Crippen LogP contribution in [0.5, 0.6) is 0 Å². The van der Waals surface area contributed by atoms with Gasteiger partial charge in [-0.3, -0.25) is 9.36 Å². The minimum absolute atomic E-state index is 0.294. The first kappa shape index (κ1) is 25.3. The van der Waals surface area contributed by atoms with Crippen LogP contribution < -0.4 is 5.32 Å². The molecule has 0 aliphatic carbocycles. The van der Waals surface area contributed by atoms with Crippen LogP contribution in [0.3, 0.4) is 0 Å². The number of aromatic nitrogens is 4. The van der Waals surface area contributed by atoms with Crippen LogP contribution in [0.25, 0.3) is 11.2 Å². The summed E-state index contributed by atoms with van der Waals surface area (Å²) < 4.78 is 40.4. The molecule has 0 amide bonds. The Labute approximate surface area is 216 Å². The third-order valence-corrected chi connectivity index (χ3v) is 6.69. The van der Waals surface area contributed by atoms with Gasteiger partial charge >= 0.3 is 11.9 Å². The molecule has 38 heavy (non-hydrogen) atoms. The van der Waals surface area contributed by atoms with E-state index in [2.05, 4.69) is 20.3 Å². The second kappa shape index (κ2) is 9.86. The summed E-state index contributed by atoms with van der Waals surface area (Å²) in [7, 11) is 0. The SMILES string of the molecule is CC(=O)O[C@@]1(C)[C@@H](COC(=O)c2ccccc2)O[C@H](n2cnc3c(NCc4ccco4)ncnc32)[C@]1(C)F. The fraction of sp³-hybridized carbons (Fsp3) is 0.346. The van der Waals surface area contributed by atoms with Crippen LogP contribution in [0.4, 0.5) is 10.2 Å². The first-order valence-electron chi connectivity index (χ1n) is 11.9. The van der Waals surface area contributed by atoms with Gasteiger partial charge in [-0.2, -0.15) is 0 Å². The molecule has 4 aromatic rings. The molecule has 4 atom stereocenters. The highest BCUT2D eigenvalue weighted by atomic mass is 19.1. The first-order chi connectivity index (χ1) is 18.2. The van der Waals surface area contributed by atoms with Crippen LogP contribution in [0.15, 0.2) is 65.8 Å². The molecule has 1 N–H and O–H groups in total. The van der Waals surface area contributed by atoms with E-state index in [9.17, 15) is 9.59 Å². The first-order valence-corrected chi connectivity index (χ1v) is 11.9. The summed E-state index contributed by atoms with van der Waals surface area (Å²) in [6.45, 7) is 3.86. The van der Waals surface area contributed by atoms with Gasteiger partial charge in [-0.15, -0.1) is 0 Å². The quantitative estimate of drug-likeness (QED) is 0.340. The Bertz CT molecular complexity index is 1440. The van der Waals surface area contributed by atoms with Gasteiger partial charge in [0, 0.05) is 6.92 Å². The van der Waals surface area contributed by atoms with E-state index in [1.165, 1.54) is 38.0 Å². The molecular weight excluding hydrogens is 497 g/mol. The number of esters is 2. The molecule has 0 unspecified atom stereocenters. The molecule has 3 aromatic heterocycles. The number of carbonyl (C=O) groups is 2. The lowest BCUT2D eigenvalue weighted by molar-refractivity contribution is -0.175. The van der Waals surface area contributed by atoms with Crippen LogP contribution in [0.1, 0.15) is 43.1 Å².